The third-order valence-corrected chi connectivity index (χ3v) is 29.9. The largest absolute Gasteiger partial charge is 0.469 e. The number of hydrogen-bond acceptors (Lipinski definition) is 13. The fourth-order valence-corrected chi connectivity index (χ4v) is 27.5. The van der Waals surface area contributed by atoms with Crippen LogP contribution in [0.25, 0.3) is 0 Å². The van der Waals surface area contributed by atoms with Crippen molar-refractivity contribution < 1.29 is 53.1 Å². The Kier molecular flexibility index (Phi) is 11.7. The van der Waals surface area contributed by atoms with Gasteiger partial charge in [-0.25, -0.2) is 4.79 Å². The van der Waals surface area contributed by atoms with Gasteiger partial charge in [-0.15, -0.1) is 0 Å². The number of nitrogens with zero attached hydrogens (tertiary/aromatic N) is 1. The predicted molar refractivity (Wildman–Crippen MR) is 312 cm³/mol. The van der Waals surface area contributed by atoms with E-state index >= 15 is 14.4 Å². The van der Waals surface area contributed by atoms with Crippen LogP contribution in [0.15, 0.2) is 71.0 Å². The second-order valence-corrected chi connectivity index (χ2v) is 32.4. The molecule has 9 saturated carbocycles. The number of hydrogen-bond donors (Lipinski definition) is 4. The van der Waals surface area contributed by atoms with Gasteiger partial charge in [0.1, 0.15) is 35.8 Å². The minimum atomic E-state index is -1.49. The van der Waals surface area contributed by atoms with E-state index in [1.165, 1.54) is 36.8 Å². The van der Waals surface area contributed by atoms with E-state index in [-0.39, 0.29) is 66.4 Å². The van der Waals surface area contributed by atoms with Gasteiger partial charge in [-0.05, 0) is 203 Å². The SMILES string of the molecule is CC1C2CCCC2CCC1C1C=C2CC3CCCC34CC3CC5(C)C(c6ccoc6CC(C(O)CO)C6CCC7C(C=CN8CNCC78)C6)OC(=O)C6OC65C5(C6CCCC(Cc7ccccc7)C6)C(O)C(=O)C6C1(C)OC21C4C(=O)OCC61C35. The highest BCUT2D eigenvalue weighted by atomic mass is 16.7. The van der Waals surface area contributed by atoms with Crippen LogP contribution >= 0.6 is 0 Å². The summed E-state index contributed by atoms with van der Waals surface area (Å²) in [6.07, 6.45) is 23.3. The molecule has 0 amide bonds. The number of ketones is 1. The van der Waals surface area contributed by atoms with Gasteiger partial charge in [0.05, 0.1) is 48.5 Å². The van der Waals surface area contributed by atoms with Crippen LogP contribution in [0.4, 0.5) is 0 Å². The minimum Gasteiger partial charge on any atom is -0.469 e. The summed E-state index contributed by atoms with van der Waals surface area (Å²) in [5, 5.41) is 41.2. The average molecular weight is 1160 g/mol. The zero-order valence-electron chi connectivity index (χ0n) is 50.4. The molecule has 1 aromatic carbocycles. The first-order valence-electron chi connectivity index (χ1n) is 34.4. The number of Topliss-reactive ketones (excluding diaryl/α,β-unsaturated/α-hetero) is 1. The van der Waals surface area contributed by atoms with E-state index in [4.69, 9.17) is 23.4 Å². The van der Waals surface area contributed by atoms with Crippen LogP contribution in [-0.2, 0) is 46.2 Å². The smallest absolute Gasteiger partial charge is 0.339 e. The fourth-order valence-electron chi connectivity index (χ4n) is 27.5. The van der Waals surface area contributed by atoms with E-state index in [2.05, 4.69) is 79.7 Å². The lowest BCUT2D eigenvalue weighted by molar-refractivity contribution is -0.301. The summed E-state index contributed by atoms with van der Waals surface area (Å²) in [4.78, 5) is 51.4. The molecule has 456 valence electrons. The molecule has 13 heteroatoms. The normalized spacial score (nSPS) is 53.2. The molecule has 9 aliphatic carbocycles. The Hall–Kier alpha value is -3.85. The number of aliphatic hydroxyl groups excluding tert-OH is 3. The van der Waals surface area contributed by atoms with Crippen LogP contribution in [0, 0.1) is 116 Å². The molecule has 8 heterocycles. The third kappa shape index (κ3) is 6.51. The van der Waals surface area contributed by atoms with Gasteiger partial charge in [-0.1, -0.05) is 88.4 Å². The Bertz CT molecular complexity index is 3160. The predicted octanol–water partition coefficient (Wildman–Crippen LogP) is 9.86. The van der Waals surface area contributed by atoms with Crippen molar-refractivity contribution in [3.63, 3.8) is 0 Å². The Labute approximate surface area is 501 Å². The van der Waals surface area contributed by atoms with Gasteiger partial charge in [0.25, 0.3) is 0 Å². The maximum Gasteiger partial charge on any atom is 0.339 e. The molecule has 16 aliphatic rings. The highest BCUT2D eigenvalue weighted by Gasteiger charge is 2.98. The van der Waals surface area contributed by atoms with Gasteiger partial charge < -0.3 is 43.6 Å². The fraction of sp³-hybridized carbons (Fsp3) is 0.764. The number of rotatable bonds is 10. The van der Waals surface area contributed by atoms with Gasteiger partial charge >= 0.3 is 11.9 Å². The quantitative estimate of drug-likeness (QED) is 0.100. The summed E-state index contributed by atoms with van der Waals surface area (Å²) >= 11 is 0. The van der Waals surface area contributed by atoms with Crippen LogP contribution in [0.1, 0.15) is 159 Å². The topological polar surface area (TPSA) is 181 Å². The van der Waals surface area contributed by atoms with Crippen molar-refractivity contribution in [1.82, 2.24) is 10.2 Å². The molecule has 13 nitrogen and oxygen atoms in total. The van der Waals surface area contributed by atoms with Crippen LogP contribution in [-0.4, -0.2) is 106 Å². The van der Waals surface area contributed by atoms with Crippen molar-refractivity contribution in [2.45, 2.75) is 196 Å². The highest BCUT2D eigenvalue weighted by molar-refractivity contribution is 5.94. The number of furan rings is 1. The summed E-state index contributed by atoms with van der Waals surface area (Å²) < 4.78 is 36.8. The standard InChI is InChI=1S/C72H92N2O11/c1-38-48-16-8-13-41(48)17-19-49(38)53-30-47-29-45-15-9-23-68(45)33-44-32-66(2)62(51-22-25-81-56(51)31-52(55(76)35-75)42-18-20-50-43(28-42)21-24-74-37-73-34-54(50)74)83-65(80)63-72(66,84-63)70(46-14-7-12-40(27-46)26-39-10-5-4-6-11-39)58(44)69-36-82-64(79)60(68)71(47,69)85-67(53,3)59(69)57(77)61(70)78/h4-6,10-11,21-22,24-25,30,38,40-46,48-50,52-55,58-63,73,75-76,78H,7-9,12-20,23,26-29,31-37H2,1-3H3. The van der Waals surface area contributed by atoms with Gasteiger partial charge in [0.2, 0.25) is 0 Å². The van der Waals surface area contributed by atoms with Gasteiger partial charge in [-0.2, -0.15) is 0 Å². The second kappa shape index (κ2) is 18.4. The molecule has 7 aliphatic heterocycles. The molecule has 1 aromatic heterocycles. The zero-order valence-corrected chi connectivity index (χ0v) is 50.4. The van der Waals surface area contributed by atoms with Crippen molar-refractivity contribution in [2.24, 2.45) is 116 Å². The van der Waals surface area contributed by atoms with E-state index in [9.17, 15) is 15.3 Å². The Morgan fingerprint density at radius 1 is 0.847 bits per heavy atom. The summed E-state index contributed by atoms with van der Waals surface area (Å²) in [5.74, 6) is 0.939. The molecule has 4 N–H and O–H groups in total. The van der Waals surface area contributed by atoms with Crippen molar-refractivity contribution in [2.75, 3.05) is 26.4 Å². The van der Waals surface area contributed by atoms with E-state index in [0.717, 1.165) is 115 Å². The summed E-state index contributed by atoms with van der Waals surface area (Å²) in [6.45, 7) is 8.56. The molecule has 28 atom stereocenters. The van der Waals surface area contributed by atoms with E-state index in [0.29, 0.717) is 54.2 Å². The number of aliphatic hydroxyl groups is 3. The Morgan fingerprint density at radius 3 is 2.54 bits per heavy atom. The van der Waals surface area contributed by atoms with E-state index < -0.39 is 86.6 Å². The maximum atomic E-state index is 17.5. The van der Waals surface area contributed by atoms with E-state index in [1.54, 1.807) is 6.26 Å². The number of fused-ring (bicyclic) bond motifs is 6. The van der Waals surface area contributed by atoms with E-state index in [1.807, 2.05) is 6.07 Å². The number of ether oxygens (including phenoxy) is 4. The van der Waals surface area contributed by atoms with Gasteiger partial charge in [-0.3, -0.25) is 14.9 Å². The molecule has 5 bridgehead atoms. The molecule has 0 radical (unpaired) electrons. The number of epoxide rings is 1. The first-order chi connectivity index (χ1) is 41.2. The number of allylic oxidation sites excluding steroid dienone is 1. The molecule has 2 aromatic rings. The summed E-state index contributed by atoms with van der Waals surface area (Å²) in [7, 11) is 0. The molecule has 5 saturated heterocycles. The Morgan fingerprint density at radius 2 is 1.68 bits per heavy atom. The van der Waals surface area contributed by atoms with Gasteiger partial charge in [0, 0.05) is 41.3 Å². The molecular weight excluding hydrogens is 1070 g/mol. The number of esters is 2. The van der Waals surface area contributed by atoms with Crippen LogP contribution < -0.4 is 5.32 Å². The Balaban J connectivity index is 0.816. The van der Waals surface area contributed by atoms with Crippen LogP contribution in [0.5, 0.6) is 0 Å². The lowest BCUT2D eigenvalue weighted by Crippen LogP contribution is -2.82. The summed E-state index contributed by atoms with van der Waals surface area (Å²) in [6, 6.07) is 13.2. The minimum absolute atomic E-state index is 0.0556. The molecule has 85 heavy (non-hydrogen) atoms. The highest BCUT2D eigenvalue weighted by Crippen LogP contribution is 2.90. The first kappa shape index (κ1) is 54.1. The molecular formula is C72H92N2O11. The van der Waals surface area contributed by atoms with Crippen molar-refractivity contribution in [1.29, 1.82) is 0 Å². The molecule has 28 unspecified atom stereocenters. The first-order valence-corrected chi connectivity index (χ1v) is 34.4. The van der Waals surface area contributed by atoms with Gasteiger partial charge in [0.15, 0.2) is 11.9 Å². The third-order valence-electron chi connectivity index (χ3n) is 29.9. The second-order valence-electron chi connectivity index (χ2n) is 32.4. The van der Waals surface area contributed by atoms with Crippen molar-refractivity contribution in [3.8, 4) is 0 Å². The molecule has 14 fully saturated rings. The average Bonchev–Trinajstić information content (AvgIpc) is 1.47. The summed E-state index contributed by atoms with van der Waals surface area (Å²) in [5.41, 5.74) is -4.00. The van der Waals surface area contributed by atoms with Crippen molar-refractivity contribution in [3.05, 3.63) is 83.5 Å². The zero-order chi connectivity index (χ0) is 57.5. The monoisotopic (exact) mass is 1160 g/mol. The van der Waals surface area contributed by atoms with Crippen molar-refractivity contribution >= 4 is 17.7 Å². The number of cyclic esters (lactones) is 2. The number of benzene rings is 1. The number of carbonyl (C=O) groups excluding carboxylic acids is 3. The maximum absolute atomic E-state index is 17.5. The lowest BCUT2D eigenvalue weighted by atomic mass is 9.29. The van der Waals surface area contributed by atoms with Crippen LogP contribution in [0.2, 0.25) is 0 Å². The van der Waals surface area contributed by atoms with Crippen LogP contribution in [0.3, 0.4) is 0 Å². The lowest BCUT2D eigenvalue weighted by Gasteiger charge is -2.72. The number of nitrogens with one attached hydrogen (secondary N) is 1. The molecule has 18 rings (SSSR count). The number of carbonyl (C=O) groups is 3. The molecule has 4 spiro atoms.